The lowest BCUT2D eigenvalue weighted by atomic mass is 9.73. The molecule has 0 saturated carbocycles. The predicted molar refractivity (Wildman–Crippen MR) is 194 cm³/mol. The molecule has 2 aliphatic heterocycles. The van der Waals surface area contributed by atoms with E-state index in [0.29, 0.717) is 32.4 Å². The molecule has 13 heteroatoms. The van der Waals surface area contributed by atoms with Gasteiger partial charge in [-0.2, -0.15) is 0 Å². The fourth-order valence-corrected chi connectivity index (χ4v) is 8.79. The molecule has 2 aromatic carbocycles. The smallest absolute Gasteiger partial charge is 0.318 e. The van der Waals surface area contributed by atoms with Crippen LogP contribution >= 0.6 is 0 Å². The standard InChI is InChI=1S/C37H51N7O5S/c1-25(30-24-39-32-14-8-6-12-28(30)32)33(41-36(47)43(3)26-10-9-17-38-23-26)35(46)44-19-15-37(16-20-44)22-29(27-11-5-7-13-31(27)37)34(45)42(2)21-18-40-50(4,48)49/h5-8,11-14,24-26,29,33,38-40H,9-10,15-23H2,1-4H3,(H,41,47). The second-order valence-corrected chi connectivity index (χ2v) is 16.3. The number of carbonyl (C=O) groups is 3. The lowest BCUT2D eigenvalue weighted by Gasteiger charge is -2.42. The van der Waals surface area contributed by atoms with Gasteiger partial charge in [0.15, 0.2) is 0 Å². The third-order valence-corrected chi connectivity index (χ3v) is 12.0. The summed E-state index contributed by atoms with van der Waals surface area (Å²) in [7, 11) is 0.176. The van der Waals surface area contributed by atoms with Gasteiger partial charge in [-0.25, -0.2) is 17.9 Å². The van der Waals surface area contributed by atoms with Gasteiger partial charge < -0.3 is 30.3 Å². The molecule has 3 heterocycles. The molecular weight excluding hydrogens is 655 g/mol. The van der Waals surface area contributed by atoms with E-state index in [1.54, 1.807) is 16.8 Å². The highest BCUT2D eigenvalue weighted by atomic mass is 32.2. The molecule has 50 heavy (non-hydrogen) atoms. The van der Waals surface area contributed by atoms with Crippen molar-refractivity contribution in [3.05, 3.63) is 71.4 Å². The summed E-state index contributed by atoms with van der Waals surface area (Å²) < 4.78 is 25.6. The summed E-state index contributed by atoms with van der Waals surface area (Å²) in [5, 5.41) is 7.57. The third kappa shape index (κ3) is 7.40. The Bertz CT molecular complexity index is 1810. The molecule has 1 spiro atoms. The molecule has 270 valence electrons. The molecule has 4 N–H and O–H groups in total. The number of carbonyl (C=O) groups excluding carboxylic acids is 3. The van der Waals surface area contributed by atoms with Crippen LogP contribution in [0, 0.1) is 0 Å². The molecule has 3 aliphatic rings. The highest BCUT2D eigenvalue weighted by Crippen LogP contribution is 2.52. The maximum Gasteiger partial charge on any atom is 0.318 e. The number of aromatic amines is 1. The van der Waals surface area contributed by atoms with E-state index in [4.69, 9.17) is 0 Å². The number of benzene rings is 2. The number of aromatic nitrogens is 1. The van der Waals surface area contributed by atoms with Crippen LogP contribution in [0.3, 0.4) is 0 Å². The molecule has 1 aromatic heterocycles. The Morgan fingerprint density at radius 1 is 1.06 bits per heavy atom. The number of sulfonamides is 1. The van der Waals surface area contributed by atoms with Crippen LogP contribution in [-0.2, 0) is 25.0 Å². The summed E-state index contributed by atoms with van der Waals surface area (Å²) in [4.78, 5) is 50.6. The summed E-state index contributed by atoms with van der Waals surface area (Å²) in [6, 6.07) is 15.2. The zero-order chi connectivity index (χ0) is 35.6. The van der Waals surface area contributed by atoms with E-state index in [1.165, 1.54) is 0 Å². The maximum atomic E-state index is 14.5. The number of nitrogens with one attached hydrogen (secondary N) is 4. The molecule has 2 saturated heterocycles. The van der Waals surface area contributed by atoms with E-state index in [1.807, 2.05) is 67.5 Å². The fraction of sp³-hybridized carbons (Fsp3) is 0.541. The van der Waals surface area contributed by atoms with Gasteiger partial charge in [0.2, 0.25) is 21.8 Å². The number of likely N-dealkylation sites (N-methyl/N-ethyl adjacent to an activating group) is 2. The van der Waals surface area contributed by atoms with E-state index in [9.17, 15) is 22.8 Å². The summed E-state index contributed by atoms with van der Waals surface area (Å²) in [5.74, 6) is -0.761. The topological polar surface area (TPSA) is 147 Å². The number of hydrogen-bond acceptors (Lipinski definition) is 6. The number of likely N-dealkylation sites (tertiary alicyclic amines) is 1. The lowest BCUT2D eigenvalue weighted by molar-refractivity contribution is -0.136. The van der Waals surface area contributed by atoms with Crippen LogP contribution in [0.1, 0.15) is 67.6 Å². The second-order valence-electron chi connectivity index (χ2n) is 14.5. The first-order valence-electron chi connectivity index (χ1n) is 17.8. The van der Waals surface area contributed by atoms with Crippen molar-refractivity contribution in [1.29, 1.82) is 0 Å². The van der Waals surface area contributed by atoms with Gasteiger partial charge in [-0.3, -0.25) is 9.59 Å². The zero-order valence-electron chi connectivity index (χ0n) is 29.6. The number of fused-ring (bicyclic) bond motifs is 3. The predicted octanol–water partition coefficient (Wildman–Crippen LogP) is 3.09. The van der Waals surface area contributed by atoms with Crippen LogP contribution in [0.25, 0.3) is 10.9 Å². The fourth-order valence-electron chi connectivity index (χ4n) is 8.33. The van der Waals surface area contributed by atoms with Crippen LogP contribution in [0.4, 0.5) is 4.79 Å². The first kappa shape index (κ1) is 35.9. The normalized spacial score (nSPS) is 21.4. The van der Waals surface area contributed by atoms with Gasteiger partial charge in [-0.05, 0) is 61.4 Å². The summed E-state index contributed by atoms with van der Waals surface area (Å²) in [6.45, 7) is 5.13. The maximum absolute atomic E-state index is 14.5. The average Bonchev–Trinajstić information content (AvgIpc) is 3.69. The number of amides is 4. The summed E-state index contributed by atoms with van der Waals surface area (Å²) in [6.07, 6.45) is 7.02. The molecule has 1 aliphatic carbocycles. The molecule has 0 radical (unpaired) electrons. The molecular formula is C37H51N7O5S. The molecule has 4 unspecified atom stereocenters. The zero-order valence-corrected chi connectivity index (χ0v) is 30.4. The number of nitrogens with zero attached hydrogens (tertiary/aromatic N) is 3. The van der Waals surface area contributed by atoms with Gasteiger partial charge in [0.25, 0.3) is 0 Å². The molecule has 6 rings (SSSR count). The minimum Gasteiger partial charge on any atom is -0.361 e. The van der Waals surface area contributed by atoms with Crippen molar-refractivity contribution >= 4 is 38.8 Å². The molecule has 12 nitrogen and oxygen atoms in total. The minimum atomic E-state index is -3.35. The quantitative estimate of drug-likeness (QED) is 0.255. The number of H-pyrrole nitrogens is 1. The Morgan fingerprint density at radius 2 is 1.78 bits per heavy atom. The van der Waals surface area contributed by atoms with E-state index in [2.05, 4.69) is 26.4 Å². The van der Waals surface area contributed by atoms with Crippen molar-refractivity contribution in [2.24, 2.45) is 0 Å². The Labute approximate surface area is 295 Å². The van der Waals surface area contributed by atoms with Crippen LogP contribution in [0.15, 0.2) is 54.7 Å². The summed E-state index contributed by atoms with van der Waals surface area (Å²) >= 11 is 0. The van der Waals surface area contributed by atoms with E-state index in [0.717, 1.165) is 59.8 Å². The highest BCUT2D eigenvalue weighted by Gasteiger charge is 2.49. The molecule has 4 amide bonds. The van der Waals surface area contributed by atoms with E-state index in [-0.39, 0.29) is 54.2 Å². The van der Waals surface area contributed by atoms with Crippen molar-refractivity contribution < 1.29 is 22.8 Å². The number of rotatable bonds is 10. The average molecular weight is 706 g/mol. The SMILES string of the molecule is CC(c1c[nH]c2ccccc12)C(NC(=O)N(C)C1CCCNC1)C(=O)N1CCC2(CC1)CC(C(=O)N(C)CCNS(C)(=O)=O)c1ccccc12. The highest BCUT2D eigenvalue weighted by molar-refractivity contribution is 7.88. The molecule has 4 atom stereocenters. The molecule has 2 fully saturated rings. The third-order valence-electron chi connectivity index (χ3n) is 11.3. The largest absolute Gasteiger partial charge is 0.361 e. The molecule has 0 bridgehead atoms. The Balaban J connectivity index is 1.19. The van der Waals surface area contributed by atoms with Gasteiger partial charge in [-0.15, -0.1) is 0 Å². The molecule has 3 aromatic rings. The monoisotopic (exact) mass is 705 g/mol. The first-order valence-corrected chi connectivity index (χ1v) is 19.7. The summed E-state index contributed by atoms with van der Waals surface area (Å²) in [5.41, 5.74) is 3.89. The van der Waals surface area contributed by atoms with Crippen molar-refractivity contribution in [3.63, 3.8) is 0 Å². The van der Waals surface area contributed by atoms with Crippen LogP contribution in [0.5, 0.6) is 0 Å². The second kappa shape index (κ2) is 14.7. The van der Waals surface area contributed by atoms with Gasteiger partial charge >= 0.3 is 6.03 Å². The Hall–Kier alpha value is -3.94. The first-order chi connectivity index (χ1) is 23.9. The van der Waals surface area contributed by atoms with Gasteiger partial charge in [-0.1, -0.05) is 49.4 Å². The number of para-hydroxylation sites is 1. The number of urea groups is 1. The van der Waals surface area contributed by atoms with Crippen molar-refractivity contribution in [2.75, 3.05) is 59.6 Å². The van der Waals surface area contributed by atoms with Gasteiger partial charge in [0.1, 0.15) is 6.04 Å². The van der Waals surface area contributed by atoms with Crippen LogP contribution in [0.2, 0.25) is 0 Å². The lowest BCUT2D eigenvalue weighted by Crippen LogP contribution is -2.58. The van der Waals surface area contributed by atoms with Crippen molar-refractivity contribution in [3.8, 4) is 0 Å². The minimum absolute atomic E-state index is 0.0317. The van der Waals surface area contributed by atoms with E-state index < -0.39 is 16.1 Å². The van der Waals surface area contributed by atoms with Gasteiger partial charge in [0.05, 0.1) is 12.2 Å². The van der Waals surface area contributed by atoms with Crippen LogP contribution < -0.4 is 15.4 Å². The number of hydrogen-bond donors (Lipinski definition) is 4. The van der Waals surface area contributed by atoms with E-state index >= 15 is 0 Å². The van der Waals surface area contributed by atoms with Crippen molar-refractivity contribution in [1.82, 2.24) is 35.0 Å². The Morgan fingerprint density at radius 3 is 2.50 bits per heavy atom. The van der Waals surface area contributed by atoms with Crippen LogP contribution in [-0.4, -0.2) is 118 Å². The van der Waals surface area contributed by atoms with Gasteiger partial charge in [0, 0.05) is 81.3 Å². The number of piperidine rings is 2. The Kier molecular flexibility index (Phi) is 10.6. The van der Waals surface area contributed by atoms with Crippen molar-refractivity contribution in [2.45, 2.75) is 68.4 Å².